The SMILES string of the molecule is CCCNCCCNc1ccc(C)c2nonc12. The van der Waals surface area contributed by atoms with Crippen LogP contribution in [0.3, 0.4) is 0 Å². The van der Waals surface area contributed by atoms with E-state index >= 15 is 0 Å². The Morgan fingerprint density at radius 1 is 1.11 bits per heavy atom. The molecule has 0 aliphatic heterocycles. The number of aryl methyl sites for hydroxylation is 1. The summed E-state index contributed by atoms with van der Waals surface area (Å²) in [6.45, 7) is 7.22. The van der Waals surface area contributed by atoms with Crippen LogP contribution < -0.4 is 10.6 Å². The second-order valence-corrected chi connectivity index (χ2v) is 4.42. The van der Waals surface area contributed by atoms with Crippen molar-refractivity contribution in [3.63, 3.8) is 0 Å². The number of hydrogen-bond donors (Lipinski definition) is 2. The molecule has 5 heteroatoms. The molecule has 2 N–H and O–H groups in total. The molecule has 0 saturated carbocycles. The van der Waals surface area contributed by atoms with E-state index in [1.54, 1.807) is 0 Å². The molecule has 0 spiro atoms. The molecule has 0 saturated heterocycles. The highest BCUT2D eigenvalue weighted by Gasteiger charge is 2.08. The third kappa shape index (κ3) is 2.98. The van der Waals surface area contributed by atoms with E-state index in [-0.39, 0.29) is 0 Å². The van der Waals surface area contributed by atoms with Crippen LogP contribution in [0.15, 0.2) is 16.8 Å². The maximum absolute atomic E-state index is 4.79. The van der Waals surface area contributed by atoms with Gasteiger partial charge in [0, 0.05) is 6.54 Å². The van der Waals surface area contributed by atoms with Crippen LogP contribution in [0.25, 0.3) is 11.0 Å². The average Bonchev–Trinajstić information content (AvgIpc) is 2.86. The number of anilines is 1. The average molecular weight is 248 g/mol. The number of hydrogen-bond acceptors (Lipinski definition) is 5. The van der Waals surface area contributed by atoms with Crippen LogP contribution in [0.1, 0.15) is 25.3 Å². The van der Waals surface area contributed by atoms with Crippen LogP contribution in [-0.2, 0) is 0 Å². The second kappa shape index (κ2) is 6.35. The number of aromatic nitrogens is 2. The molecule has 1 heterocycles. The van der Waals surface area contributed by atoms with Gasteiger partial charge >= 0.3 is 0 Å². The first-order valence-corrected chi connectivity index (χ1v) is 6.49. The van der Waals surface area contributed by atoms with Crippen LogP contribution in [0.5, 0.6) is 0 Å². The Hall–Kier alpha value is -1.62. The summed E-state index contributed by atoms with van der Waals surface area (Å²) in [6.07, 6.45) is 2.26. The Bertz CT molecular complexity index is 495. The van der Waals surface area contributed by atoms with Crippen molar-refractivity contribution >= 4 is 16.7 Å². The van der Waals surface area contributed by atoms with Gasteiger partial charge in [0.1, 0.15) is 5.52 Å². The highest BCUT2D eigenvalue weighted by Crippen LogP contribution is 2.22. The fourth-order valence-electron chi connectivity index (χ4n) is 1.87. The van der Waals surface area contributed by atoms with Crippen molar-refractivity contribution in [3.8, 4) is 0 Å². The largest absolute Gasteiger partial charge is 0.383 e. The summed E-state index contributed by atoms with van der Waals surface area (Å²) in [5, 5.41) is 14.6. The molecule has 18 heavy (non-hydrogen) atoms. The van der Waals surface area contributed by atoms with E-state index in [4.69, 9.17) is 4.63 Å². The van der Waals surface area contributed by atoms with Gasteiger partial charge in [0.05, 0.1) is 5.69 Å². The first kappa shape index (κ1) is 12.8. The number of fused-ring (bicyclic) bond motifs is 1. The lowest BCUT2D eigenvalue weighted by atomic mass is 10.2. The molecule has 0 aliphatic rings. The summed E-state index contributed by atoms with van der Waals surface area (Å²) in [5.74, 6) is 0. The van der Waals surface area contributed by atoms with E-state index in [1.807, 2.05) is 19.1 Å². The van der Waals surface area contributed by atoms with Crippen LogP contribution in [0.2, 0.25) is 0 Å². The minimum Gasteiger partial charge on any atom is -0.383 e. The molecule has 0 amide bonds. The number of nitrogens with one attached hydrogen (secondary N) is 2. The summed E-state index contributed by atoms with van der Waals surface area (Å²) in [7, 11) is 0. The van der Waals surface area contributed by atoms with Gasteiger partial charge in [-0.1, -0.05) is 13.0 Å². The Labute approximate surface area is 107 Å². The van der Waals surface area contributed by atoms with Gasteiger partial charge in [-0.25, -0.2) is 4.63 Å². The van der Waals surface area contributed by atoms with E-state index in [2.05, 4.69) is 27.9 Å². The standard InChI is InChI=1S/C13H20N4O/c1-3-7-14-8-4-9-15-11-6-5-10(2)12-13(11)17-18-16-12/h5-6,14-15H,3-4,7-9H2,1-2H3. The summed E-state index contributed by atoms with van der Waals surface area (Å²) in [5.41, 5.74) is 3.73. The lowest BCUT2D eigenvalue weighted by Crippen LogP contribution is -2.18. The summed E-state index contributed by atoms with van der Waals surface area (Å²) >= 11 is 0. The Kier molecular flexibility index (Phi) is 4.52. The van der Waals surface area contributed by atoms with Gasteiger partial charge < -0.3 is 10.6 Å². The van der Waals surface area contributed by atoms with Gasteiger partial charge in [-0.3, -0.25) is 0 Å². The van der Waals surface area contributed by atoms with Gasteiger partial charge in [0.2, 0.25) is 0 Å². The minimum absolute atomic E-state index is 0.816. The first-order valence-electron chi connectivity index (χ1n) is 6.49. The zero-order valence-electron chi connectivity index (χ0n) is 11.0. The third-order valence-corrected chi connectivity index (χ3v) is 2.89. The minimum atomic E-state index is 0.816. The molecule has 0 atom stereocenters. The van der Waals surface area contributed by atoms with E-state index in [9.17, 15) is 0 Å². The summed E-state index contributed by atoms with van der Waals surface area (Å²) in [6, 6.07) is 4.06. The fraction of sp³-hybridized carbons (Fsp3) is 0.538. The number of benzene rings is 1. The van der Waals surface area contributed by atoms with E-state index in [0.717, 1.165) is 48.3 Å². The van der Waals surface area contributed by atoms with Crippen molar-refractivity contribution in [2.24, 2.45) is 0 Å². The molecule has 0 bridgehead atoms. The van der Waals surface area contributed by atoms with Crippen molar-refractivity contribution in [1.82, 2.24) is 15.6 Å². The molecular weight excluding hydrogens is 228 g/mol. The van der Waals surface area contributed by atoms with Crippen LogP contribution >= 0.6 is 0 Å². The molecule has 1 aromatic heterocycles. The molecule has 98 valence electrons. The smallest absolute Gasteiger partial charge is 0.158 e. The van der Waals surface area contributed by atoms with E-state index in [0.29, 0.717) is 0 Å². The molecule has 2 aromatic rings. The van der Waals surface area contributed by atoms with Crippen LogP contribution in [0, 0.1) is 6.92 Å². The van der Waals surface area contributed by atoms with E-state index in [1.165, 1.54) is 6.42 Å². The topological polar surface area (TPSA) is 63.0 Å². The van der Waals surface area contributed by atoms with Crippen molar-refractivity contribution in [2.45, 2.75) is 26.7 Å². The lowest BCUT2D eigenvalue weighted by Gasteiger charge is -2.07. The Morgan fingerprint density at radius 2 is 1.94 bits per heavy atom. The monoisotopic (exact) mass is 248 g/mol. The van der Waals surface area contributed by atoms with Crippen LogP contribution in [-0.4, -0.2) is 29.9 Å². The maximum atomic E-state index is 4.79. The van der Waals surface area contributed by atoms with Gasteiger partial charge in [-0.15, -0.1) is 0 Å². The van der Waals surface area contributed by atoms with Crippen LogP contribution in [0.4, 0.5) is 5.69 Å². The highest BCUT2D eigenvalue weighted by molar-refractivity contribution is 5.89. The predicted molar refractivity (Wildman–Crippen MR) is 72.8 cm³/mol. The van der Waals surface area contributed by atoms with Gasteiger partial charge in [0.25, 0.3) is 0 Å². The fourth-order valence-corrected chi connectivity index (χ4v) is 1.87. The van der Waals surface area contributed by atoms with Gasteiger partial charge in [-0.05, 0) is 54.8 Å². The lowest BCUT2D eigenvalue weighted by molar-refractivity contribution is 0.315. The molecule has 5 nitrogen and oxygen atoms in total. The number of rotatable bonds is 7. The predicted octanol–water partition coefficient (Wildman–Crippen LogP) is 2.33. The number of nitrogens with zero attached hydrogens (tertiary/aromatic N) is 2. The molecule has 2 rings (SSSR count). The third-order valence-electron chi connectivity index (χ3n) is 2.89. The summed E-state index contributed by atoms with van der Waals surface area (Å²) in [4.78, 5) is 0. The molecule has 0 unspecified atom stereocenters. The van der Waals surface area contributed by atoms with E-state index < -0.39 is 0 Å². The molecule has 1 aromatic carbocycles. The maximum Gasteiger partial charge on any atom is 0.158 e. The zero-order valence-corrected chi connectivity index (χ0v) is 11.0. The van der Waals surface area contributed by atoms with Crippen molar-refractivity contribution in [3.05, 3.63) is 17.7 Å². The van der Waals surface area contributed by atoms with Crippen molar-refractivity contribution in [1.29, 1.82) is 0 Å². The first-order chi connectivity index (χ1) is 8.83. The highest BCUT2D eigenvalue weighted by atomic mass is 16.6. The Morgan fingerprint density at radius 3 is 2.78 bits per heavy atom. The normalized spacial score (nSPS) is 11.0. The molecule has 0 aliphatic carbocycles. The van der Waals surface area contributed by atoms with Crippen molar-refractivity contribution < 1.29 is 4.63 Å². The molecule has 0 radical (unpaired) electrons. The quantitative estimate of drug-likeness (QED) is 0.736. The van der Waals surface area contributed by atoms with Crippen molar-refractivity contribution in [2.75, 3.05) is 25.0 Å². The Balaban J connectivity index is 1.88. The zero-order chi connectivity index (χ0) is 12.8. The molecule has 0 fully saturated rings. The second-order valence-electron chi connectivity index (χ2n) is 4.42. The van der Waals surface area contributed by atoms with Gasteiger partial charge in [0.15, 0.2) is 5.52 Å². The molecular formula is C13H20N4O. The van der Waals surface area contributed by atoms with Gasteiger partial charge in [-0.2, -0.15) is 0 Å². The summed E-state index contributed by atoms with van der Waals surface area (Å²) < 4.78 is 4.79.